The van der Waals surface area contributed by atoms with Crippen LogP contribution in [0.4, 0.5) is 5.69 Å². The average Bonchev–Trinajstić information content (AvgIpc) is 2.27. The van der Waals surface area contributed by atoms with Crippen molar-refractivity contribution >= 4 is 27.5 Å². The number of halogens is 1. The number of nitrogens with one attached hydrogen (secondary N) is 1. The van der Waals surface area contributed by atoms with E-state index in [1.807, 2.05) is 13.8 Å². The Morgan fingerprint density at radius 3 is 2.68 bits per heavy atom. The second-order valence-electron chi connectivity index (χ2n) is 4.80. The van der Waals surface area contributed by atoms with Gasteiger partial charge in [-0.2, -0.15) is 0 Å². The molecular weight excluding hydrogens is 314 g/mol. The Bertz CT molecular complexity index is 503. The van der Waals surface area contributed by atoms with Gasteiger partial charge in [0.05, 0.1) is 23.4 Å². The fraction of sp³-hybridized carbons (Fsp3) is 0.417. The second kappa shape index (κ2) is 6.01. The van der Waals surface area contributed by atoms with E-state index >= 15 is 0 Å². The van der Waals surface area contributed by atoms with Crippen LogP contribution in [0.25, 0.3) is 0 Å². The molecule has 0 spiro atoms. The SMILES string of the molecule is CC(C)(CCOc1cc(Br)cc([N+](=O)[O-])c1)C(=N)N. The Labute approximate surface area is 119 Å². The minimum absolute atomic E-state index is 0.0322. The first kappa shape index (κ1) is 15.4. The topological polar surface area (TPSA) is 102 Å². The monoisotopic (exact) mass is 329 g/mol. The maximum Gasteiger partial charge on any atom is 0.274 e. The van der Waals surface area contributed by atoms with E-state index in [9.17, 15) is 10.1 Å². The number of amidine groups is 1. The molecule has 0 atom stereocenters. The van der Waals surface area contributed by atoms with E-state index in [2.05, 4.69) is 15.9 Å². The Balaban J connectivity index is 2.68. The summed E-state index contributed by atoms with van der Waals surface area (Å²) in [4.78, 5) is 10.2. The van der Waals surface area contributed by atoms with Gasteiger partial charge in [0.15, 0.2) is 0 Å². The van der Waals surface area contributed by atoms with Crippen LogP contribution in [0, 0.1) is 20.9 Å². The van der Waals surface area contributed by atoms with Gasteiger partial charge in [0.1, 0.15) is 5.75 Å². The second-order valence-corrected chi connectivity index (χ2v) is 5.71. The molecule has 0 radical (unpaired) electrons. The Hall–Kier alpha value is -1.63. The van der Waals surface area contributed by atoms with Gasteiger partial charge in [0, 0.05) is 16.0 Å². The molecule has 7 heteroatoms. The van der Waals surface area contributed by atoms with Gasteiger partial charge in [-0.1, -0.05) is 29.8 Å². The van der Waals surface area contributed by atoms with Crippen LogP contribution in [0.2, 0.25) is 0 Å². The lowest BCUT2D eigenvalue weighted by Gasteiger charge is -2.22. The highest BCUT2D eigenvalue weighted by Gasteiger charge is 2.21. The number of nitrogens with zero attached hydrogens (tertiary/aromatic N) is 1. The molecule has 19 heavy (non-hydrogen) atoms. The fourth-order valence-corrected chi connectivity index (χ4v) is 1.76. The summed E-state index contributed by atoms with van der Waals surface area (Å²) >= 11 is 3.20. The first-order valence-corrected chi connectivity index (χ1v) is 6.44. The third kappa shape index (κ3) is 4.51. The van der Waals surface area contributed by atoms with Gasteiger partial charge in [-0.25, -0.2) is 0 Å². The van der Waals surface area contributed by atoms with Crippen molar-refractivity contribution in [1.29, 1.82) is 5.41 Å². The number of ether oxygens (including phenoxy) is 1. The molecule has 6 nitrogen and oxygen atoms in total. The van der Waals surface area contributed by atoms with E-state index < -0.39 is 10.3 Å². The zero-order chi connectivity index (χ0) is 14.6. The van der Waals surface area contributed by atoms with Crippen LogP contribution in [-0.4, -0.2) is 17.4 Å². The van der Waals surface area contributed by atoms with E-state index in [0.29, 0.717) is 23.2 Å². The maximum atomic E-state index is 10.7. The molecule has 0 heterocycles. The van der Waals surface area contributed by atoms with Crippen molar-refractivity contribution in [3.8, 4) is 5.75 Å². The highest BCUT2D eigenvalue weighted by atomic mass is 79.9. The number of nitrogens with two attached hydrogens (primary N) is 1. The molecule has 0 fully saturated rings. The summed E-state index contributed by atoms with van der Waals surface area (Å²) in [5.41, 5.74) is 4.99. The molecule has 0 aromatic heterocycles. The van der Waals surface area contributed by atoms with Crippen LogP contribution in [-0.2, 0) is 0 Å². The van der Waals surface area contributed by atoms with Gasteiger partial charge in [-0.15, -0.1) is 0 Å². The number of hydrogen-bond acceptors (Lipinski definition) is 4. The number of hydrogen-bond donors (Lipinski definition) is 2. The summed E-state index contributed by atoms with van der Waals surface area (Å²) in [6.07, 6.45) is 0.558. The van der Waals surface area contributed by atoms with Crippen molar-refractivity contribution in [2.75, 3.05) is 6.61 Å². The highest BCUT2D eigenvalue weighted by Crippen LogP contribution is 2.27. The highest BCUT2D eigenvalue weighted by molar-refractivity contribution is 9.10. The molecule has 1 aromatic carbocycles. The van der Waals surface area contributed by atoms with Gasteiger partial charge in [-0.3, -0.25) is 15.5 Å². The predicted octanol–water partition coefficient (Wildman–Crippen LogP) is 3.09. The Morgan fingerprint density at radius 1 is 1.53 bits per heavy atom. The van der Waals surface area contributed by atoms with E-state index in [0.717, 1.165) is 0 Å². The standard InChI is InChI=1S/C12H16BrN3O3/c1-12(2,11(14)15)3-4-19-10-6-8(13)5-9(7-10)16(17)18/h5-7H,3-4H2,1-2H3,(H3,14,15). The van der Waals surface area contributed by atoms with E-state index in [1.165, 1.54) is 12.1 Å². The zero-order valence-corrected chi connectivity index (χ0v) is 12.4. The summed E-state index contributed by atoms with van der Waals surface area (Å²) in [6, 6.07) is 4.44. The third-order valence-corrected chi connectivity index (χ3v) is 3.25. The van der Waals surface area contributed by atoms with Crippen LogP contribution in [0.15, 0.2) is 22.7 Å². The molecule has 0 aliphatic carbocycles. The lowest BCUT2D eigenvalue weighted by molar-refractivity contribution is -0.385. The van der Waals surface area contributed by atoms with Crippen molar-refractivity contribution in [3.63, 3.8) is 0 Å². The van der Waals surface area contributed by atoms with Crippen molar-refractivity contribution in [2.45, 2.75) is 20.3 Å². The minimum Gasteiger partial charge on any atom is -0.493 e. The van der Waals surface area contributed by atoms with Gasteiger partial charge >= 0.3 is 0 Å². The van der Waals surface area contributed by atoms with Gasteiger partial charge in [0.2, 0.25) is 0 Å². The lowest BCUT2D eigenvalue weighted by Crippen LogP contribution is -2.32. The van der Waals surface area contributed by atoms with Gasteiger partial charge in [0.25, 0.3) is 5.69 Å². The summed E-state index contributed by atoms with van der Waals surface area (Å²) in [5, 5.41) is 18.1. The fourth-order valence-electron chi connectivity index (χ4n) is 1.30. The van der Waals surface area contributed by atoms with Crippen LogP contribution >= 0.6 is 15.9 Å². The number of rotatable bonds is 6. The summed E-state index contributed by atoms with van der Waals surface area (Å²) in [5.74, 6) is 0.511. The van der Waals surface area contributed by atoms with Crippen LogP contribution in [0.3, 0.4) is 0 Å². The quantitative estimate of drug-likeness (QED) is 0.362. The van der Waals surface area contributed by atoms with Crippen LogP contribution in [0.5, 0.6) is 5.75 Å². The third-order valence-electron chi connectivity index (χ3n) is 2.79. The molecule has 0 unspecified atom stereocenters. The van der Waals surface area contributed by atoms with Crippen molar-refractivity contribution < 1.29 is 9.66 Å². The van der Waals surface area contributed by atoms with Crippen LogP contribution < -0.4 is 10.5 Å². The normalized spacial score (nSPS) is 11.1. The lowest BCUT2D eigenvalue weighted by atomic mass is 9.88. The number of nitro benzene ring substituents is 1. The number of benzene rings is 1. The minimum atomic E-state index is -0.475. The van der Waals surface area contributed by atoms with Gasteiger partial charge < -0.3 is 10.5 Å². The van der Waals surface area contributed by atoms with Crippen LogP contribution in [0.1, 0.15) is 20.3 Å². The first-order valence-electron chi connectivity index (χ1n) is 5.64. The molecule has 104 valence electrons. The van der Waals surface area contributed by atoms with E-state index in [-0.39, 0.29) is 11.5 Å². The number of nitro groups is 1. The molecule has 0 aliphatic heterocycles. The molecular formula is C12H16BrN3O3. The predicted molar refractivity (Wildman–Crippen MR) is 76.6 cm³/mol. The molecule has 0 saturated carbocycles. The van der Waals surface area contributed by atoms with Gasteiger partial charge in [-0.05, 0) is 12.5 Å². The summed E-state index contributed by atoms with van der Waals surface area (Å²) < 4.78 is 6.06. The zero-order valence-electron chi connectivity index (χ0n) is 10.8. The Kier molecular flexibility index (Phi) is 4.88. The van der Waals surface area contributed by atoms with E-state index in [4.69, 9.17) is 15.9 Å². The van der Waals surface area contributed by atoms with E-state index in [1.54, 1.807) is 6.07 Å². The first-order chi connectivity index (χ1) is 8.72. The van der Waals surface area contributed by atoms with Crippen molar-refractivity contribution in [2.24, 2.45) is 11.1 Å². The molecule has 0 amide bonds. The molecule has 0 saturated heterocycles. The summed E-state index contributed by atoms with van der Waals surface area (Å²) in [7, 11) is 0. The van der Waals surface area contributed by atoms with Crippen molar-refractivity contribution in [3.05, 3.63) is 32.8 Å². The maximum absolute atomic E-state index is 10.7. The number of non-ortho nitro benzene ring substituents is 1. The average molecular weight is 330 g/mol. The van der Waals surface area contributed by atoms with Crippen molar-refractivity contribution in [1.82, 2.24) is 0 Å². The molecule has 1 rings (SSSR count). The molecule has 0 aliphatic rings. The molecule has 0 bridgehead atoms. The molecule has 3 N–H and O–H groups in total. The summed E-state index contributed by atoms with van der Waals surface area (Å²) in [6.45, 7) is 4.03. The molecule has 1 aromatic rings. The Morgan fingerprint density at radius 2 is 2.16 bits per heavy atom. The largest absolute Gasteiger partial charge is 0.493 e. The smallest absolute Gasteiger partial charge is 0.274 e.